The van der Waals surface area contributed by atoms with Gasteiger partial charge in [0.25, 0.3) is 0 Å². The Morgan fingerprint density at radius 3 is 2.55 bits per heavy atom. The average molecular weight is 319 g/mol. The lowest BCUT2D eigenvalue weighted by Gasteiger charge is -2.19. The number of nitrogens with zero attached hydrogens (tertiary/aromatic N) is 1. The minimum Gasteiger partial charge on any atom is -0.497 e. The largest absolute Gasteiger partial charge is 0.497 e. The van der Waals surface area contributed by atoms with Gasteiger partial charge in [-0.1, -0.05) is 0 Å². The van der Waals surface area contributed by atoms with Crippen molar-refractivity contribution >= 4 is 24.0 Å². The maximum absolute atomic E-state index is 12.3. The normalized spacial score (nSPS) is 20.8. The monoisotopic (exact) mass is 319 g/mol. The van der Waals surface area contributed by atoms with Crippen LogP contribution < -0.4 is 4.74 Å². The molecule has 0 aromatic heterocycles. The van der Waals surface area contributed by atoms with Crippen LogP contribution in [0.3, 0.4) is 0 Å². The van der Waals surface area contributed by atoms with Crippen molar-refractivity contribution in [1.82, 2.24) is 4.90 Å². The summed E-state index contributed by atoms with van der Waals surface area (Å²) in [6.45, 7) is 6.80. The fourth-order valence-electron chi connectivity index (χ4n) is 2.49. The van der Waals surface area contributed by atoms with Gasteiger partial charge in [-0.25, -0.2) is 0 Å². The predicted octanol–water partition coefficient (Wildman–Crippen LogP) is 3.13. The van der Waals surface area contributed by atoms with Crippen molar-refractivity contribution < 1.29 is 14.3 Å². The molecule has 1 unspecified atom stereocenters. The van der Waals surface area contributed by atoms with Crippen LogP contribution in [0, 0.1) is 0 Å². The smallest absolute Gasteiger partial charge is 0.210 e. The molecule has 2 rings (SSSR count). The van der Waals surface area contributed by atoms with E-state index >= 15 is 0 Å². The highest BCUT2D eigenvalue weighted by Crippen LogP contribution is 2.41. The fraction of sp³-hybridized carbons (Fsp3) is 0.412. The summed E-state index contributed by atoms with van der Waals surface area (Å²) in [5.74, 6) is 0.661. The molecule has 0 aliphatic carbocycles. The minimum atomic E-state index is -0.0744. The topological polar surface area (TPSA) is 46.6 Å². The van der Waals surface area contributed by atoms with Gasteiger partial charge in [0, 0.05) is 16.9 Å². The maximum atomic E-state index is 12.3. The second kappa shape index (κ2) is 6.57. The van der Waals surface area contributed by atoms with E-state index in [2.05, 4.69) is 13.8 Å². The molecule has 1 saturated heterocycles. The molecule has 1 aromatic rings. The Labute approximate surface area is 135 Å². The first kappa shape index (κ1) is 16.6. The zero-order chi connectivity index (χ0) is 16.3. The Morgan fingerprint density at radius 1 is 1.36 bits per heavy atom. The van der Waals surface area contributed by atoms with Crippen molar-refractivity contribution in [2.45, 2.75) is 30.9 Å². The lowest BCUT2D eigenvalue weighted by Crippen LogP contribution is -2.30. The number of hydrogen-bond acceptors (Lipinski definition) is 4. The van der Waals surface area contributed by atoms with E-state index < -0.39 is 0 Å². The highest BCUT2D eigenvalue weighted by atomic mass is 32.2. The number of amides is 1. The summed E-state index contributed by atoms with van der Waals surface area (Å²) >= 11 is 1.71. The van der Waals surface area contributed by atoms with E-state index in [0.717, 1.165) is 17.7 Å². The van der Waals surface area contributed by atoms with Gasteiger partial charge in [-0.05, 0) is 56.7 Å². The Morgan fingerprint density at radius 2 is 2.00 bits per heavy atom. The molecule has 0 spiro atoms. The van der Waals surface area contributed by atoms with Crippen LogP contribution in [-0.4, -0.2) is 40.9 Å². The first-order valence-corrected chi connectivity index (χ1v) is 8.00. The molecule has 5 heteroatoms. The summed E-state index contributed by atoms with van der Waals surface area (Å²) in [6.07, 6.45) is 2.49. The Bertz CT molecular complexity index is 592. The van der Waals surface area contributed by atoms with Crippen molar-refractivity contribution in [3.63, 3.8) is 0 Å². The summed E-state index contributed by atoms with van der Waals surface area (Å²) < 4.78 is 5.09. The van der Waals surface area contributed by atoms with E-state index in [1.165, 1.54) is 0 Å². The number of benzene rings is 1. The number of ether oxygens (including phenoxy) is 1. The Kier molecular flexibility index (Phi) is 4.96. The molecule has 1 fully saturated rings. The van der Waals surface area contributed by atoms with Gasteiger partial charge < -0.3 is 9.64 Å². The number of ketones is 1. The fourth-order valence-corrected chi connectivity index (χ4v) is 3.84. The van der Waals surface area contributed by atoms with Gasteiger partial charge in [0.15, 0.2) is 5.78 Å². The molecule has 1 aliphatic heterocycles. The zero-order valence-corrected chi connectivity index (χ0v) is 14.1. The van der Waals surface area contributed by atoms with E-state index in [-0.39, 0.29) is 15.9 Å². The van der Waals surface area contributed by atoms with Crippen LogP contribution in [0.15, 0.2) is 35.9 Å². The average Bonchev–Trinajstić information content (AvgIpc) is 2.82. The molecule has 0 bridgehead atoms. The number of carbonyl (C=O) groups excluding carboxylic acids is 2. The Balaban J connectivity index is 2.16. The van der Waals surface area contributed by atoms with Crippen molar-refractivity contribution in [1.29, 1.82) is 0 Å². The van der Waals surface area contributed by atoms with Gasteiger partial charge in [0.1, 0.15) is 5.75 Å². The van der Waals surface area contributed by atoms with E-state index in [9.17, 15) is 9.59 Å². The van der Waals surface area contributed by atoms with Crippen LogP contribution in [0.4, 0.5) is 0 Å². The van der Waals surface area contributed by atoms with Gasteiger partial charge in [-0.2, -0.15) is 0 Å². The number of carbonyl (C=O) groups is 2. The lowest BCUT2D eigenvalue weighted by molar-refractivity contribution is -0.118. The third-order valence-corrected chi connectivity index (χ3v) is 5.19. The second-order valence-electron chi connectivity index (χ2n) is 5.99. The van der Waals surface area contributed by atoms with Crippen molar-refractivity contribution in [2.75, 3.05) is 13.7 Å². The van der Waals surface area contributed by atoms with E-state index in [1.807, 2.05) is 6.92 Å². The quantitative estimate of drug-likeness (QED) is 0.475. The summed E-state index contributed by atoms with van der Waals surface area (Å²) in [6, 6.07) is 7.02. The van der Waals surface area contributed by atoms with E-state index in [1.54, 1.807) is 54.1 Å². The molecule has 0 N–H and O–H groups in total. The molecule has 1 aromatic carbocycles. The van der Waals surface area contributed by atoms with Crippen LogP contribution in [0.1, 0.15) is 31.1 Å². The molecule has 1 heterocycles. The van der Waals surface area contributed by atoms with E-state index in [4.69, 9.17) is 4.74 Å². The number of rotatable bonds is 5. The molecule has 22 heavy (non-hydrogen) atoms. The molecule has 1 atom stereocenters. The second-order valence-corrected chi connectivity index (χ2v) is 7.78. The molecule has 0 radical (unpaired) electrons. The van der Waals surface area contributed by atoms with Crippen LogP contribution in [-0.2, 0) is 4.79 Å². The summed E-state index contributed by atoms with van der Waals surface area (Å²) in [7, 11) is 1.59. The zero-order valence-electron chi connectivity index (χ0n) is 13.3. The van der Waals surface area contributed by atoms with Gasteiger partial charge in [0.05, 0.1) is 12.5 Å². The SMILES string of the molecule is COc1ccc(C(=O)/C=C(/C)C2SC(C)(C)CN2C=O)cc1. The molecule has 1 amide bonds. The number of allylic oxidation sites excluding steroid dienone is 1. The third-order valence-electron chi connectivity index (χ3n) is 3.55. The van der Waals surface area contributed by atoms with Crippen LogP contribution in [0.25, 0.3) is 0 Å². The van der Waals surface area contributed by atoms with Crippen LogP contribution in [0.5, 0.6) is 5.75 Å². The van der Waals surface area contributed by atoms with Gasteiger partial charge in [-0.15, -0.1) is 11.8 Å². The molecule has 1 aliphatic rings. The Hall–Kier alpha value is -1.75. The minimum absolute atomic E-state index is 0.00381. The molecule has 118 valence electrons. The van der Waals surface area contributed by atoms with Crippen LogP contribution >= 0.6 is 11.8 Å². The standard InChI is InChI=1S/C17H21NO3S/c1-12(16-18(11-19)10-17(2,3)22-16)9-15(20)13-5-7-14(21-4)8-6-13/h5-9,11,16H,10H2,1-4H3/b12-9-. The molecular formula is C17H21NO3S. The third kappa shape index (κ3) is 3.71. The van der Waals surface area contributed by atoms with Gasteiger partial charge >= 0.3 is 0 Å². The number of thioether (sulfide) groups is 1. The highest BCUT2D eigenvalue weighted by Gasteiger charge is 2.38. The molecular weight excluding hydrogens is 298 g/mol. The summed E-state index contributed by atoms with van der Waals surface area (Å²) in [5, 5.41) is -0.0744. The van der Waals surface area contributed by atoms with Crippen molar-refractivity contribution in [3.05, 3.63) is 41.5 Å². The first-order valence-electron chi connectivity index (χ1n) is 7.12. The highest BCUT2D eigenvalue weighted by molar-refractivity contribution is 8.01. The molecule has 0 saturated carbocycles. The predicted molar refractivity (Wildman–Crippen MR) is 89.3 cm³/mol. The number of methoxy groups -OCH3 is 1. The van der Waals surface area contributed by atoms with Gasteiger partial charge in [-0.3, -0.25) is 9.59 Å². The molecule has 4 nitrogen and oxygen atoms in total. The van der Waals surface area contributed by atoms with Crippen LogP contribution in [0.2, 0.25) is 0 Å². The van der Waals surface area contributed by atoms with Crippen molar-refractivity contribution in [2.24, 2.45) is 0 Å². The summed E-state index contributed by atoms with van der Waals surface area (Å²) in [4.78, 5) is 25.3. The first-order chi connectivity index (χ1) is 10.4. The lowest BCUT2D eigenvalue weighted by atomic mass is 10.1. The van der Waals surface area contributed by atoms with Gasteiger partial charge in [0.2, 0.25) is 6.41 Å². The van der Waals surface area contributed by atoms with E-state index in [0.29, 0.717) is 12.1 Å². The number of hydrogen-bond donors (Lipinski definition) is 0. The maximum Gasteiger partial charge on any atom is 0.210 e. The summed E-state index contributed by atoms with van der Waals surface area (Å²) in [5.41, 5.74) is 1.50. The van der Waals surface area contributed by atoms with Crippen molar-refractivity contribution in [3.8, 4) is 5.75 Å².